The number of hydrogen-bond acceptors (Lipinski definition) is 5. The Bertz CT molecular complexity index is 990. The number of fused-ring (bicyclic) bond motifs is 1. The summed E-state index contributed by atoms with van der Waals surface area (Å²) >= 11 is 6.03. The molecule has 3 rings (SSSR count). The molecule has 2 unspecified atom stereocenters. The van der Waals surface area contributed by atoms with Gasteiger partial charge in [-0.1, -0.05) is 12.1 Å². The highest BCUT2D eigenvalue weighted by molar-refractivity contribution is 6.19. The summed E-state index contributed by atoms with van der Waals surface area (Å²) < 4.78 is 6.97. The molecule has 0 spiro atoms. The zero-order valence-corrected chi connectivity index (χ0v) is 19.9. The molecule has 2 atom stereocenters. The highest BCUT2D eigenvalue weighted by Crippen LogP contribution is 2.27. The number of piperazine rings is 1. The third-order valence-corrected chi connectivity index (χ3v) is 6.83. The Hall–Kier alpha value is -1.96. The van der Waals surface area contributed by atoms with E-state index in [2.05, 4.69) is 18.7 Å². The monoisotopic (exact) mass is 448 g/mol. The van der Waals surface area contributed by atoms with Crippen molar-refractivity contribution in [1.29, 1.82) is 0 Å². The van der Waals surface area contributed by atoms with Crippen LogP contribution in [0.5, 0.6) is 0 Å². The van der Waals surface area contributed by atoms with Gasteiger partial charge in [-0.05, 0) is 39.8 Å². The van der Waals surface area contributed by atoms with Crippen molar-refractivity contribution in [3.63, 3.8) is 0 Å². The van der Waals surface area contributed by atoms with E-state index >= 15 is 0 Å². The lowest BCUT2D eigenvalue weighted by molar-refractivity contribution is -0.144. The van der Waals surface area contributed by atoms with Gasteiger partial charge in [0.1, 0.15) is 5.82 Å². The van der Waals surface area contributed by atoms with E-state index in [0.29, 0.717) is 49.6 Å². The van der Waals surface area contributed by atoms with Crippen molar-refractivity contribution in [1.82, 2.24) is 19.4 Å². The van der Waals surface area contributed by atoms with E-state index in [1.54, 1.807) is 11.7 Å². The van der Waals surface area contributed by atoms with Gasteiger partial charge in [-0.15, -0.1) is 11.6 Å². The van der Waals surface area contributed by atoms with Crippen molar-refractivity contribution in [3.05, 3.63) is 40.4 Å². The molecule has 1 saturated heterocycles. The van der Waals surface area contributed by atoms with E-state index in [0.717, 1.165) is 5.82 Å². The number of rotatable bonds is 7. The lowest BCUT2D eigenvalue weighted by atomic mass is 9.93. The standard InChI is InChI=1S/C23H33ClN4O3/c1-16-14-26(10-11-27(16)22(30)23(3,4)15-24)17(2)20-25-19-9-7-6-8-18(19)21(29)28(20)12-13-31-5/h6-9,16-17H,10-15H2,1-5H3. The molecule has 0 aliphatic carbocycles. The maximum absolute atomic E-state index is 13.2. The molecule has 7 nitrogen and oxygen atoms in total. The molecule has 1 fully saturated rings. The summed E-state index contributed by atoms with van der Waals surface area (Å²) in [6, 6.07) is 7.42. The van der Waals surface area contributed by atoms with Crippen LogP contribution in [0.1, 0.15) is 39.6 Å². The molecule has 0 radical (unpaired) electrons. The molecule has 170 valence electrons. The molecule has 2 heterocycles. The second-order valence-corrected chi connectivity index (χ2v) is 9.24. The van der Waals surface area contributed by atoms with E-state index in [9.17, 15) is 9.59 Å². The minimum atomic E-state index is -0.579. The van der Waals surface area contributed by atoms with Gasteiger partial charge in [-0.3, -0.25) is 19.1 Å². The summed E-state index contributed by atoms with van der Waals surface area (Å²) in [4.78, 5) is 35.2. The SMILES string of the molecule is COCCn1c(C(C)N2CCN(C(=O)C(C)(C)CCl)C(C)C2)nc2ccccc2c1=O. The van der Waals surface area contributed by atoms with E-state index in [4.69, 9.17) is 21.3 Å². The first kappa shape index (κ1) is 23.7. The average molecular weight is 449 g/mol. The topological polar surface area (TPSA) is 67.7 Å². The third kappa shape index (κ3) is 4.78. The molecular formula is C23H33ClN4O3. The van der Waals surface area contributed by atoms with Gasteiger partial charge in [0.15, 0.2) is 0 Å². The minimum Gasteiger partial charge on any atom is -0.383 e. The third-order valence-electron chi connectivity index (χ3n) is 6.16. The molecule has 1 aromatic carbocycles. The van der Waals surface area contributed by atoms with Crippen LogP contribution in [0.25, 0.3) is 10.9 Å². The van der Waals surface area contributed by atoms with E-state index in [-0.39, 0.29) is 23.6 Å². The molecular weight excluding hydrogens is 416 g/mol. The van der Waals surface area contributed by atoms with Crippen LogP contribution in [-0.2, 0) is 16.1 Å². The Labute approximate surface area is 188 Å². The van der Waals surface area contributed by atoms with Crippen LogP contribution < -0.4 is 5.56 Å². The predicted octanol–water partition coefficient (Wildman–Crippen LogP) is 2.90. The van der Waals surface area contributed by atoms with Crippen LogP contribution in [-0.4, -0.2) is 70.5 Å². The Morgan fingerprint density at radius 3 is 2.68 bits per heavy atom. The summed E-state index contributed by atoms with van der Waals surface area (Å²) in [5.41, 5.74) is 0.0772. The number of methoxy groups -OCH3 is 1. The highest BCUT2D eigenvalue weighted by Gasteiger charge is 2.37. The minimum absolute atomic E-state index is 0.0461. The van der Waals surface area contributed by atoms with Crippen molar-refractivity contribution in [2.24, 2.45) is 5.41 Å². The van der Waals surface area contributed by atoms with Crippen molar-refractivity contribution < 1.29 is 9.53 Å². The quantitative estimate of drug-likeness (QED) is 0.609. The number of halogens is 1. The number of para-hydroxylation sites is 1. The summed E-state index contributed by atoms with van der Waals surface area (Å²) in [5.74, 6) is 1.11. The van der Waals surface area contributed by atoms with Crippen molar-refractivity contribution in [2.45, 2.75) is 46.3 Å². The average Bonchev–Trinajstić information content (AvgIpc) is 2.77. The number of benzene rings is 1. The number of amides is 1. The summed E-state index contributed by atoms with van der Waals surface area (Å²) in [6.45, 7) is 10.8. The highest BCUT2D eigenvalue weighted by atomic mass is 35.5. The Kier molecular flexibility index (Phi) is 7.39. The van der Waals surface area contributed by atoms with Crippen molar-refractivity contribution in [3.8, 4) is 0 Å². The Balaban J connectivity index is 1.89. The van der Waals surface area contributed by atoms with E-state index < -0.39 is 5.41 Å². The first-order valence-electron chi connectivity index (χ1n) is 10.8. The largest absolute Gasteiger partial charge is 0.383 e. The van der Waals surface area contributed by atoms with Gasteiger partial charge in [0, 0.05) is 38.7 Å². The van der Waals surface area contributed by atoms with Crippen LogP contribution in [0.4, 0.5) is 0 Å². The number of alkyl halides is 1. The molecule has 0 saturated carbocycles. The molecule has 0 bridgehead atoms. The van der Waals surface area contributed by atoms with E-state index in [1.165, 1.54) is 0 Å². The second-order valence-electron chi connectivity index (χ2n) is 8.97. The van der Waals surface area contributed by atoms with Crippen LogP contribution in [0.15, 0.2) is 29.1 Å². The normalized spacial score (nSPS) is 19.0. The van der Waals surface area contributed by atoms with Crippen LogP contribution in [0.2, 0.25) is 0 Å². The molecule has 8 heteroatoms. The molecule has 1 aliphatic heterocycles. The van der Waals surface area contributed by atoms with Gasteiger partial charge < -0.3 is 9.64 Å². The number of carbonyl (C=O) groups is 1. The summed E-state index contributed by atoms with van der Waals surface area (Å²) in [5, 5.41) is 0.613. The smallest absolute Gasteiger partial charge is 0.261 e. The Morgan fingerprint density at radius 1 is 1.32 bits per heavy atom. The van der Waals surface area contributed by atoms with Gasteiger partial charge in [0.05, 0.1) is 35.5 Å². The fraction of sp³-hybridized carbons (Fsp3) is 0.609. The lowest BCUT2D eigenvalue weighted by Crippen LogP contribution is -2.57. The fourth-order valence-corrected chi connectivity index (χ4v) is 4.27. The second kappa shape index (κ2) is 9.67. The van der Waals surface area contributed by atoms with Crippen LogP contribution in [0.3, 0.4) is 0 Å². The molecule has 1 amide bonds. The maximum atomic E-state index is 13.2. The molecule has 1 aliphatic rings. The van der Waals surface area contributed by atoms with Gasteiger partial charge in [-0.25, -0.2) is 4.98 Å². The van der Waals surface area contributed by atoms with Gasteiger partial charge in [0.2, 0.25) is 5.91 Å². The van der Waals surface area contributed by atoms with Gasteiger partial charge in [-0.2, -0.15) is 0 Å². The van der Waals surface area contributed by atoms with Gasteiger partial charge in [0.25, 0.3) is 5.56 Å². The predicted molar refractivity (Wildman–Crippen MR) is 124 cm³/mol. The van der Waals surface area contributed by atoms with Crippen molar-refractivity contribution in [2.75, 3.05) is 39.2 Å². The molecule has 1 aromatic heterocycles. The summed E-state index contributed by atoms with van der Waals surface area (Å²) in [7, 11) is 1.63. The van der Waals surface area contributed by atoms with Crippen LogP contribution in [0, 0.1) is 5.41 Å². The number of ether oxygens (including phenoxy) is 1. The maximum Gasteiger partial charge on any atom is 0.261 e. The number of hydrogen-bond donors (Lipinski definition) is 0. The van der Waals surface area contributed by atoms with Gasteiger partial charge >= 0.3 is 0 Å². The first-order valence-corrected chi connectivity index (χ1v) is 11.3. The van der Waals surface area contributed by atoms with Crippen LogP contribution >= 0.6 is 11.6 Å². The van der Waals surface area contributed by atoms with Crippen molar-refractivity contribution >= 4 is 28.4 Å². The molecule has 31 heavy (non-hydrogen) atoms. The van der Waals surface area contributed by atoms with E-state index in [1.807, 2.05) is 43.0 Å². The first-order chi connectivity index (χ1) is 14.7. The number of carbonyl (C=O) groups excluding carboxylic acids is 1. The summed E-state index contributed by atoms with van der Waals surface area (Å²) in [6.07, 6.45) is 0. The number of aromatic nitrogens is 2. The zero-order chi connectivity index (χ0) is 22.8. The number of nitrogens with zero attached hydrogens (tertiary/aromatic N) is 4. The molecule has 0 N–H and O–H groups in total. The Morgan fingerprint density at radius 2 is 2.03 bits per heavy atom. The lowest BCUT2D eigenvalue weighted by Gasteiger charge is -2.44. The molecule has 2 aromatic rings. The fourth-order valence-electron chi connectivity index (χ4n) is 4.15. The zero-order valence-electron chi connectivity index (χ0n) is 19.1.